The minimum atomic E-state index is -0.103. The number of benzene rings is 1. The zero-order chi connectivity index (χ0) is 17.1. The van der Waals surface area contributed by atoms with Crippen LogP contribution in [0.2, 0.25) is 0 Å². The second-order valence-electron chi connectivity index (χ2n) is 6.81. The Morgan fingerprint density at radius 3 is 2.68 bits per heavy atom. The maximum absolute atomic E-state index is 5.58. The Bertz CT molecular complexity index is 705. The van der Waals surface area contributed by atoms with Crippen LogP contribution in [0.5, 0.6) is 5.75 Å². The third-order valence-corrected chi connectivity index (χ3v) is 5.48. The van der Waals surface area contributed by atoms with Crippen LogP contribution in [0.15, 0.2) is 24.3 Å². The fourth-order valence-electron chi connectivity index (χ4n) is 4.20. The number of hydrogen-bond acceptors (Lipinski definition) is 6. The van der Waals surface area contributed by atoms with Crippen molar-refractivity contribution >= 4 is 0 Å². The van der Waals surface area contributed by atoms with E-state index in [-0.39, 0.29) is 5.54 Å². The van der Waals surface area contributed by atoms with E-state index in [9.17, 15) is 0 Å². The number of rotatable bonds is 4. The van der Waals surface area contributed by atoms with Gasteiger partial charge in [0.2, 0.25) is 0 Å². The van der Waals surface area contributed by atoms with Crippen LogP contribution in [-0.2, 0) is 10.3 Å². The van der Waals surface area contributed by atoms with E-state index in [0.29, 0.717) is 0 Å². The first-order chi connectivity index (χ1) is 12.3. The summed E-state index contributed by atoms with van der Waals surface area (Å²) < 4.78 is 12.8. The molecule has 1 saturated heterocycles. The summed E-state index contributed by atoms with van der Waals surface area (Å²) in [6.07, 6.45) is 5.89. The van der Waals surface area contributed by atoms with E-state index in [1.54, 1.807) is 7.11 Å². The maximum atomic E-state index is 5.58. The van der Waals surface area contributed by atoms with Gasteiger partial charge in [-0.1, -0.05) is 25.3 Å². The summed E-state index contributed by atoms with van der Waals surface area (Å²) in [5, 5.41) is 12.8. The predicted octanol–water partition coefficient (Wildman–Crippen LogP) is 2.16. The van der Waals surface area contributed by atoms with Gasteiger partial charge in [-0.2, -0.15) is 4.68 Å². The monoisotopic (exact) mass is 343 g/mol. The van der Waals surface area contributed by atoms with E-state index in [2.05, 4.69) is 20.4 Å². The van der Waals surface area contributed by atoms with Crippen molar-refractivity contribution in [1.29, 1.82) is 0 Å². The standard InChI is InChI=1S/C18H25N5O2/c1-24-16-7-5-6-15(14-16)23-17(19-20-21-23)18(8-3-2-4-9-18)22-10-12-25-13-11-22/h5-7,14H,2-4,8-13H2,1H3. The molecular formula is C18H25N5O2. The number of aromatic nitrogens is 4. The summed E-state index contributed by atoms with van der Waals surface area (Å²) >= 11 is 0. The fourth-order valence-corrected chi connectivity index (χ4v) is 4.20. The van der Waals surface area contributed by atoms with Crippen LogP contribution in [0.25, 0.3) is 5.69 Å². The van der Waals surface area contributed by atoms with Gasteiger partial charge in [0.1, 0.15) is 5.75 Å². The smallest absolute Gasteiger partial charge is 0.176 e. The molecule has 0 bridgehead atoms. The number of hydrogen-bond donors (Lipinski definition) is 0. The first-order valence-electron chi connectivity index (χ1n) is 9.10. The van der Waals surface area contributed by atoms with Gasteiger partial charge in [-0.3, -0.25) is 4.90 Å². The summed E-state index contributed by atoms with van der Waals surface area (Å²) in [4.78, 5) is 2.54. The van der Waals surface area contributed by atoms with Crippen molar-refractivity contribution in [3.63, 3.8) is 0 Å². The lowest BCUT2D eigenvalue weighted by Crippen LogP contribution is -2.53. The normalized spacial score (nSPS) is 21.2. The van der Waals surface area contributed by atoms with Gasteiger partial charge in [-0.15, -0.1) is 5.10 Å². The Hall–Kier alpha value is -1.99. The highest BCUT2D eigenvalue weighted by Crippen LogP contribution is 2.42. The van der Waals surface area contributed by atoms with Crippen LogP contribution in [0.4, 0.5) is 0 Å². The van der Waals surface area contributed by atoms with Crippen molar-refractivity contribution in [2.75, 3.05) is 33.4 Å². The summed E-state index contributed by atoms with van der Waals surface area (Å²) in [5.41, 5.74) is 0.840. The van der Waals surface area contributed by atoms with Gasteiger partial charge in [0.25, 0.3) is 0 Å². The highest BCUT2D eigenvalue weighted by molar-refractivity contribution is 5.39. The quantitative estimate of drug-likeness (QED) is 0.848. The molecular weight excluding hydrogens is 318 g/mol. The first-order valence-corrected chi connectivity index (χ1v) is 9.10. The van der Waals surface area contributed by atoms with E-state index < -0.39 is 0 Å². The molecule has 25 heavy (non-hydrogen) atoms. The van der Waals surface area contributed by atoms with Crippen LogP contribution in [0.1, 0.15) is 37.9 Å². The van der Waals surface area contributed by atoms with Crippen LogP contribution < -0.4 is 4.74 Å². The molecule has 1 aromatic heterocycles. The predicted molar refractivity (Wildman–Crippen MR) is 92.9 cm³/mol. The van der Waals surface area contributed by atoms with Crippen molar-refractivity contribution in [2.45, 2.75) is 37.6 Å². The molecule has 7 nitrogen and oxygen atoms in total. The summed E-state index contributed by atoms with van der Waals surface area (Å²) in [6.45, 7) is 3.43. The number of nitrogens with zero attached hydrogens (tertiary/aromatic N) is 5. The Kier molecular flexibility index (Phi) is 4.67. The molecule has 1 aliphatic heterocycles. The van der Waals surface area contributed by atoms with Crippen LogP contribution in [-0.4, -0.2) is 58.5 Å². The van der Waals surface area contributed by atoms with Gasteiger partial charge in [-0.25, -0.2) is 0 Å². The third kappa shape index (κ3) is 3.02. The molecule has 0 spiro atoms. The second kappa shape index (κ2) is 7.09. The lowest BCUT2D eigenvalue weighted by Gasteiger charge is -2.46. The summed E-state index contributed by atoms with van der Waals surface area (Å²) in [7, 11) is 1.68. The molecule has 4 rings (SSSR count). The molecule has 2 heterocycles. The molecule has 0 N–H and O–H groups in total. The van der Waals surface area contributed by atoms with E-state index in [1.807, 2.05) is 28.9 Å². The molecule has 2 aromatic rings. The average molecular weight is 343 g/mol. The van der Waals surface area contributed by atoms with Crippen molar-refractivity contribution in [3.05, 3.63) is 30.1 Å². The molecule has 1 aromatic carbocycles. The minimum absolute atomic E-state index is 0.103. The van der Waals surface area contributed by atoms with Gasteiger partial charge in [-0.05, 0) is 35.4 Å². The molecule has 134 valence electrons. The van der Waals surface area contributed by atoms with Crippen LogP contribution in [0, 0.1) is 0 Å². The van der Waals surface area contributed by atoms with Gasteiger partial charge >= 0.3 is 0 Å². The fraction of sp³-hybridized carbons (Fsp3) is 0.611. The highest BCUT2D eigenvalue weighted by atomic mass is 16.5. The molecule has 1 aliphatic carbocycles. The van der Waals surface area contributed by atoms with Crippen LogP contribution in [0.3, 0.4) is 0 Å². The molecule has 2 fully saturated rings. The molecule has 2 aliphatic rings. The average Bonchev–Trinajstić information content (AvgIpc) is 3.20. The van der Waals surface area contributed by atoms with E-state index >= 15 is 0 Å². The van der Waals surface area contributed by atoms with E-state index in [1.165, 1.54) is 19.3 Å². The minimum Gasteiger partial charge on any atom is -0.497 e. The number of ether oxygens (including phenoxy) is 2. The molecule has 0 amide bonds. The molecule has 0 atom stereocenters. The van der Waals surface area contributed by atoms with Gasteiger partial charge < -0.3 is 9.47 Å². The molecule has 1 saturated carbocycles. The number of morpholine rings is 1. The lowest BCUT2D eigenvalue weighted by atomic mass is 9.79. The number of tetrazole rings is 1. The van der Waals surface area contributed by atoms with Gasteiger partial charge in [0.15, 0.2) is 5.82 Å². The summed E-state index contributed by atoms with van der Waals surface area (Å²) in [5.74, 6) is 1.75. The van der Waals surface area contributed by atoms with Crippen molar-refractivity contribution in [3.8, 4) is 11.4 Å². The first kappa shape index (κ1) is 16.5. The van der Waals surface area contributed by atoms with E-state index in [0.717, 1.165) is 56.4 Å². The van der Waals surface area contributed by atoms with Crippen molar-refractivity contribution in [1.82, 2.24) is 25.1 Å². The number of methoxy groups -OCH3 is 1. The van der Waals surface area contributed by atoms with Gasteiger partial charge in [0, 0.05) is 19.2 Å². The Morgan fingerprint density at radius 1 is 1.12 bits per heavy atom. The third-order valence-electron chi connectivity index (χ3n) is 5.48. The van der Waals surface area contributed by atoms with E-state index in [4.69, 9.17) is 9.47 Å². The second-order valence-corrected chi connectivity index (χ2v) is 6.81. The topological polar surface area (TPSA) is 65.3 Å². The molecule has 0 radical (unpaired) electrons. The Labute approximate surface area is 147 Å². The Morgan fingerprint density at radius 2 is 1.92 bits per heavy atom. The largest absolute Gasteiger partial charge is 0.497 e. The SMILES string of the molecule is COc1cccc(-n2nnnc2C2(N3CCOCC3)CCCCC2)c1. The maximum Gasteiger partial charge on any atom is 0.176 e. The zero-order valence-corrected chi connectivity index (χ0v) is 14.7. The van der Waals surface area contributed by atoms with Crippen LogP contribution >= 0.6 is 0 Å². The lowest BCUT2D eigenvalue weighted by molar-refractivity contribution is -0.0451. The van der Waals surface area contributed by atoms with Crippen molar-refractivity contribution < 1.29 is 9.47 Å². The molecule has 7 heteroatoms. The van der Waals surface area contributed by atoms with Crippen molar-refractivity contribution in [2.24, 2.45) is 0 Å². The van der Waals surface area contributed by atoms with Gasteiger partial charge in [0.05, 0.1) is 31.5 Å². The highest BCUT2D eigenvalue weighted by Gasteiger charge is 2.44. The molecule has 0 unspecified atom stereocenters. The Balaban J connectivity index is 1.76. The zero-order valence-electron chi connectivity index (χ0n) is 14.7. The summed E-state index contributed by atoms with van der Waals surface area (Å²) in [6, 6.07) is 7.92.